The Labute approximate surface area is 151 Å². The van der Waals surface area contributed by atoms with Crippen LogP contribution in [0, 0.1) is 5.92 Å². The summed E-state index contributed by atoms with van der Waals surface area (Å²) in [5.41, 5.74) is 8.52. The van der Waals surface area contributed by atoms with Gasteiger partial charge < -0.3 is 11.1 Å². The zero-order valence-corrected chi connectivity index (χ0v) is 15.8. The Morgan fingerprint density at radius 2 is 2.00 bits per heavy atom. The number of rotatable bonds is 4. The Morgan fingerprint density at radius 3 is 2.67 bits per heavy atom. The van der Waals surface area contributed by atoms with Crippen molar-refractivity contribution in [3.63, 3.8) is 0 Å². The molecule has 0 bridgehead atoms. The third kappa shape index (κ3) is 3.62. The first-order valence-corrected chi connectivity index (χ1v) is 9.39. The monoisotopic (exact) mass is 389 g/mol. The van der Waals surface area contributed by atoms with Crippen LogP contribution in [0.1, 0.15) is 49.9 Å². The first-order chi connectivity index (χ1) is 11.5. The lowest BCUT2D eigenvalue weighted by molar-refractivity contribution is 0.0940. The van der Waals surface area contributed by atoms with E-state index in [1.807, 2.05) is 32.0 Å². The van der Waals surface area contributed by atoms with E-state index in [4.69, 9.17) is 5.73 Å². The molecule has 1 saturated carbocycles. The molecule has 24 heavy (non-hydrogen) atoms. The number of nitrogens with zero attached hydrogens (tertiary/aromatic N) is 1. The second kappa shape index (κ2) is 7.19. The summed E-state index contributed by atoms with van der Waals surface area (Å²) in [5.74, 6) is 0.0658. The number of hydrogen-bond donors (Lipinski definition) is 2. The summed E-state index contributed by atoms with van der Waals surface area (Å²) in [6, 6.07) is 6.65. The lowest BCUT2D eigenvalue weighted by atomic mass is 9.91. The fraction of sp³-hybridized carbons (Fsp3) is 0.474. The molecule has 128 valence electrons. The van der Waals surface area contributed by atoms with Gasteiger partial charge in [-0.15, -0.1) is 0 Å². The zero-order valence-electron chi connectivity index (χ0n) is 14.2. The number of carbonyl (C=O) groups excluding carboxylic acids is 1. The Balaban J connectivity index is 2.05. The Kier molecular flexibility index (Phi) is 5.21. The van der Waals surface area contributed by atoms with Crippen molar-refractivity contribution in [2.24, 2.45) is 11.7 Å². The summed E-state index contributed by atoms with van der Waals surface area (Å²) in [7, 11) is 0. The number of nitrogens with one attached hydrogen (secondary N) is 1. The third-order valence-corrected chi connectivity index (χ3v) is 5.23. The highest BCUT2D eigenvalue weighted by Crippen LogP contribution is 2.32. The zero-order chi connectivity index (χ0) is 17.3. The second-order valence-corrected chi connectivity index (χ2v) is 7.90. The van der Waals surface area contributed by atoms with Crippen LogP contribution >= 0.6 is 15.9 Å². The topological polar surface area (TPSA) is 68.0 Å². The summed E-state index contributed by atoms with van der Waals surface area (Å²) in [6.07, 6.45) is 5.84. The molecular formula is C19H24BrN3O. The van der Waals surface area contributed by atoms with E-state index in [0.717, 1.165) is 46.7 Å². The number of Topliss-reactive ketones (excluding diaryl/α,β-unsaturated/α-hetero) is 1. The molecule has 0 spiro atoms. The highest BCUT2D eigenvalue weighted by Gasteiger charge is 2.23. The molecule has 3 rings (SSSR count). The van der Waals surface area contributed by atoms with E-state index in [1.165, 1.54) is 0 Å². The molecule has 1 aromatic heterocycles. The predicted molar refractivity (Wildman–Crippen MR) is 102 cm³/mol. The fourth-order valence-corrected chi connectivity index (χ4v) is 3.65. The van der Waals surface area contributed by atoms with E-state index in [9.17, 15) is 4.79 Å². The van der Waals surface area contributed by atoms with Gasteiger partial charge in [0, 0.05) is 34.1 Å². The minimum Gasteiger partial charge on any atom is -0.381 e. The molecule has 0 saturated heterocycles. The van der Waals surface area contributed by atoms with Crippen molar-refractivity contribution in [3.8, 4) is 0 Å². The smallest absolute Gasteiger partial charge is 0.169 e. The standard InChI is InChI=1S/C19H24BrN3O/c1-11(2)19(24)16-10-22-17-8-3-12(20)9-15(17)18(16)23-14-6-4-13(21)5-7-14/h3,8-11,13-14H,4-7,21H2,1-2H3,(H,22,23)/t13-,14-. The number of fused-ring (bicyclic) bond motifs is 1. The highest BCUT2D eigenvalue weighted by molar-refractivity contribution is 9.10. The number of carbonyl (C=O) groups is 1. The third-order valence-electron chi connectivity index (χ3n) is 4.74. The van der Waals surface area contributed by atoms with Crippen molar-refractivity contribution in [2.75, 3.05) is 5.32 Å². The average Bonchev–Trinajstić information content (AvgIpc) is 2.56. The first-order valence-electron chi connectivity index (χ1n) is 8.60. The Morgan fingerprint density at radius 1 is 1.29 bits per heavy atom. The van der Waals surface area contributed by atoms with Crippen molar-refractivity contribution in [1.29, 1.82) is 0 Å². The lowest BCUT2D eigenvalue weighted by Crippen LogP contribution is -2.33. The largest absolute Gasteiger partial charge is 0.381 e. The van der Waals surface area contributed by atoms with Gasteiger partial charge >= 0.3 is 0 Å². The molecule has 0 unspecified atom stereocenters. The molecule has 1 aromatic carbocycles. The van der Waals surface area contributed by atoms with Crippen LogP contribution in [-0.2, 0) is 0 Å². The Bertz CT molecular complexity index is 752. The van der Waals surface area contributed by atoms with E-state index in [0.29, 0.717) is 17.6 Å². The van der Waals surface area contributed by atoms with Gasteiger partial charge in [0.15, 0.2) is 5.78 Å². The lowest BCUT2D eigenvalue weighted by Gasteiger charge is -2.29. The summed E-state index contributed by atoms with van der Waals surface area (Å²) in [6.45, 7) is 3.85. The van der Waals surface area contributed by atoms with Gasteiger partial charge in [0.25, 0.3) is 0 Å². The van der Waals surface area contributed by atoms with Gasteiger partial charge in [-0.3, -0.25) is 9.78 Å². The summed E-state index contributed by atoms with van der Waals surface area (Å²) in [4.78, 5) is 17.2. The summed E-state index contributed by atoms with van der Waals surface area (Å²) >= 11 is 3.53. The van der Waals surface area contributed by atoms with Crippen LogP contribution in [-0.4, -0.2) is 22.9 Å². The van der Waals surface area contributed by atoms with Crippen molar-refractivity contribution in [3.05, 3.63) is 34.4 Å². The van der Waals surface area contributed by atoms with Crippen LogP contribution in [0.25, 0.3) is 10.9 Å². The van der Waals surface area contributed by atoms with E-state index in [-0.39, 0.29) is 11.7 Å². The van der Waals surface area contributed by atoms with Gasteiger partial charge in [0.1, 0.15) is 0 Å². The fourth-order valence-electron chi connectivity index (χ4n) is 3.29. The molecule has 1 fully saturated rings. The number of benzene rings is 1. The number of ketones is 1. The molecule has 3 N–H and O–H groups in total. The van der Waals surface area contributed by atoms with Crippen LogP contribution in [0.15, 0.2) is 28.9 Å². The molecule has 5 heteroatoms. The Hall–Kier alpha value is -1.46. The van der Waals surface area contributed by atoms with Gasteiger partial charge in [-0.2, -0.15) is 0 Å². The SMILES string of the molecule is CC(C)C(=O)c1cnc2ccc(Br)cc2c1N[C@H]1CC[C@H](N)CC1. The van der Waals surface area contributed by atoms with Gasteiger partial charge in [0.2, 0.25) is 0 Å². The molecule has 1 aliphatic carbocycles. The molecule has 2 aromatic rings. The van der Waals surface area contributed by atoms with E-state index in [1.54, 1.807) is 6.20 Å². The molecule has 1 aliphatic rings. The molecule has 0 radical (unpaired) electrons. The number of nitrogens with two attached hydrogens (primary N) is 1. The average molecular weight is 390 g/mol. The number of aromatic nitrogens is 1. The van der Waals surface area contributed by atoms with E-state index in [2.05, 4.69) is 26.2 Å². The molecular weight excluding hydrogens is 366 g/mol. The van der Waals surface area contributed by atoms with Crippen LogP contribution in [0.4, 0.5) is 5.69 Å². The minimum atomic E-state index is -0.0586. The summed E-state index contributed by atoms with van der Waals surface area (Å²) in [5, 5.41) is 4.63. The maximum atomic E-state index is 12.7. The van der Waals surface area contributed by atoms with Crippen LogP contribution in [0.5, 0.6) is 0 Å². The van der Waals surface area contributed by atoms with Crippen molar-refractivity contribution >= 4 is 38.3 Å². The number of hydrogen-bond acceptors (Lipinski definition) is 4. The highest BCUT2D eigenvalue weighted by atomic mass is 79.9. The van der Waals surface area contributed by atoms with Crippen molar-refractivity contribution in [1.82, 2.24) is 4.98 Å². The quantitative estimate of drug-likeness (QED) is 0.754. The molecule has 0 amide bonds. The van der Waals surface area contributed by atoms with Gasteiger partial charge in [-0.1, -0.05) is 29.8 Å². The van der Waals surface area contributed by atoms with Gasteiger partial charge in [0.05, 0.1) is 16.8 Å². The first kappa shape index (κ1) is 17.4. The van der Waals surface area contributed by atoms with Crippen LogP contribution in [0.2, 0.25) is 0 Å². The summed E-state index contributed by atoms with van der Waals surface area (Å²) < 4.78 is 0.986. The van der Waals surface area contributed by atoms with Gasteiger partial charge in [-0.25, -0.2) is 0 Å². The minimum absolute atomic E-state index is 0.0586. The van der Waals surface area contributed by atoms with Crippen molar-refractivity contribution in [2.45, 2.75) is 51.6 Å². The predicted octanol–water partition coefficient (Wildman–Crippen LogP) is 4.52. The molecule has 1 heterocycles. The van der Waals surface area contributed by atoms with E-state index >= 15 is 0 Å². The molecule has 4 nitrogen and oxygen atoms in total. The number of halogens is 1. The van der Waals surface area contributed by atoms with E-state index < -0.39 is 0 Å². The normalized spacial score (nSPS) is 21.2. The molecule has 0 atom stereocenters. The van der Waals surface area contributed by atoms with Crippen LogP contribution < -0.4 is 11.1 Å². The number of pyridine rings is 1. The maximum Gasteiger partial charge on any atom is 0.169 e. The van der Waals surface area contributed by atoms with Crippen molar-refractivity contribution < 1.29 is 4.79 Å². The second-order valence-electron chi connectivity index (χ2n) is 6.98. The maximum absolute atomic E-state index is 12.7. The number of anilines is 1. The van der Waals surface area contributed by atoms with Gasteiger partial charge in [-0.05, 0) is 43.9 Å². The molecule has 0 aliphatic heterocycles. The van der Waals surface area contributed by atoms with Crippen LogP contribution in [0.3, 0.4) is 0 Å².